The second kappa shape index (κ2) is 9.54. The molecule has 0 radical (unpaired) electrons. The van der Waals surface area contributed by atoms with Crippen LogP contribution in [0.4, 0.5) is 11.5 Å². The molecule has 2 aromatic carbocycles. The minimum absolute atomic E-state index is 0.0103. The highest BCUT2D eigenvalue weighted by Gasteiger charge is 2.25. The van der Waals surface area contributed by atoms with Gasteiger partial charge in [-0.1, -0.05) is 6.07 Å². The minimum atomic E-state index is -0.596. The molecule has 0 unspecified atom stereocenters. The predicted octanol–water partition coefficient (Wildman–Crippen LogP) is 4.62. The van der Waals surface area contributed by atoms with Crippen molar-refractivity contribution in [3.8, 4) is 5.75 Å². The number of hydrogen-bond acceptors (Lipinski definition) is 8. The monoisotopic (exact) mass is 499 g/mol. The maximum atomic E-state index is 12.8. The van der Waals surface area contributed by atoms with Gasteiger partial charge in [0.2, 0.25) is 0 Å². The van der Waals surface area contributed by atoms with Crippen molar-refractivity contribution in [1.29, 1.82) is 0 Å². The third-order valence-electron chi connectivity index (χ3n) is 6.37. The number of rotatable bonds is 7. The summed E-state index contributed by atoms with van der Waals surface area (Å²) in [6.07, 6.45) is 6.68. The Kier molecular flexibility index (Phi) is 5.94. The van der Waals surface area contributed by atoms with E-state index < -0.39 is 6.10 Å². The molecule has 1 atom stereocenters. The SMILES string of the molecule is C[C@@H](Oc1cccc2ncnc(Nc3ccc4c(cnn4Cc4nccs4)c3)c12)C(=O)N1CCCC1. The van der Waals surface area contributed by atoms with Crippen LogP contribution in [0.15, 0.2) is 60.5 Å². The topological polar surface area (TPSA) is 98.1 Å². The number of anilines is 2. The molecule has 9 nitrogen and oxygen atoms in total. The molecule has 36 heavy (non-hydrogen) atoms. The van der Waals surface area contributed by atoms with Crippen LogP contribution in [0.25, 0.3) is 21.8 Å². The summed E-state index contributed by atoms with van der Waals surface area (Å²) in [5, 5.41) is 12.7. The van der Waals surface area contributed by atoms with Gasteiger partial charge in [-0.2, -0.15) is 5.10 Å². The van der Waals surface area contributed by atoms with E-state index >= 15 is 0 Å². The van der Waals surface area contributed by atoms with Gasteiger partial charge in [0.15, 0.2) is 6.10 Å². The van der Waals surface area contributed by atoms with E-state index in [4.69, 9.17) is 4.74 Å². The van der Waals surface area contributed by atoms with E-state index in [1.807, 2.05) is 57.6 Å². The third-order valence-corrected chi connectivity index (χ3v) is 7.13. The Balaban J connectivity index is 1.28. The van der Waals surface area contributed by atoms with Crippen LogP contribution >= 0.6 is 11.3 Å². The number of nitrogens with one attached hydrogen (secondary N) is 1. The van der Waals surface area contributed by atoms with Crippen LogP contribution in [0.1, 0.15) is 24.8 Å². The molecule has 6 rings (SSSR count). The Morgan fingerprint density at radius 2 is 2.06 bits per heavy atom. The Morgan fingerprint density at radius 1 is 1.17 bits per heavy atom. The van der Waals surface area contributed by atoms with E-state index in [9.17, 15) is 4.79 Å². The minimum Gasteiger partial charge on any atom is -0.480 e. The number of carbonyl (C=O) groups excluding carboxylic acids is 1. The number of likely N-dealkylation sites (tertiary alicyclic amines) is 1. The van der Waals surface area contributed by atoms with E-state index in [0.29, 0.717) is 18.1 Å². The first-order valence-electron chi connectivity index (χ1n) is 12.0. The van der Waals surface area contributed by atoms with E-state index in [2.05, 4.69) is 25.4 Å². The zero-order valence-electron chi connectivity index (χ0n) is 19.8. The zero-order chi connectivity index (χ0) is 24.5. The fourth-order valence-corrected chi connectivity index (χ4v) is 5.19. The summed E-state index contributed by atoms with van der Waals surface area (Å²) >= 11 is 1.62. The number of amides is 1. The van der Waals surface area contributed by atoms with Crippen LogP contribution in [-0.2, 0) is 11.3 Å². The fraction of sp³-hybridized carbons (Fsp3) is 0.269. The molecular formula is C26H25N7O2S. The lowest BCUT2D eigenvalue weighted by Gasteiger charge is -2.22. The summed E-state index contributed by atoms with van der Waals surface area (Å²) in [6.45, 7) is 4.02. The average Bonchev–Trinajstić information content (AvgIpc) is 3.67. The number of ether oxygens (including phenoxy) is 1. The van der Waals surface area contributed by atoms with Crippen molar-refractivity contribution in [2.45, 2.75) is 32.4 Å². The predicted molar refractivity (Wildman–Crippen MR) is 140 cm³/mol. The summed E-state index contributed by atoms with van der Waals surface area (Å²) in [6, 6.07) is 11.7. The van der Waals surface area contributed by atoms with Crippen LogP contribution in [0.2, 0.25) is 0 Å². The van der Waals surface area contributed by atoms with Crippen LogP contribution in [-0.4, -0.2) is 54.7 Å². The Morgan fingerprint density at radius 3 is 2.89 bits per heavy atom. The van der Waals surface area contributed by atoms with E-state index in [-0.39, 0.29) is 5.91 Å². The molecule has 1 aliphatic rings. The molecule has 3 aromatic heterocycles. The van der Waals surface area contributed by atoms with Crippen molar-refractivity contribution in [2.75, 3.05) is 18.4 Å². The van der Waals surface area contributed by atoms with Gasteiger partial charge in [-0.25, -0.2) is 15.0 Å². The third kappa shape index (κ3) is 4.35. The molecule has 5 aromatic rings. The maximum absolute atomic E-state index is 12.8. The van der Waals surface area contributed by atoms with Crippen molar-refractivity contribution >= 4 is 50.6 Å². The summed E-state index contributed by atoms with van der Waals surface area (Å²) in [5.74, 6) is 1.20. The average molecular weight is 500 g/mol. The van der Waals surface area contributed by atoms with Crippen molar-refractivity contribution in [3.63, 3.8) is 0 Å². The number of fused-ring (bicyclic) bond motifs is 2. The van der Waals surface area contributed by atoms with Crippen LogP contribution < -0.4 is 10.1 Å². The first kappa shape index (κ1) is 22.4. The van der Waals surface area contributed by atoms with Gasteiger partial charge in [0.1, 0.15) is 22.9 Å². The quantitative estimate of drug-likeness (QED) is 0.349. The normalized spacial score (nSPS) is 14.4. The second-order valence-electron chi connectivity index (χ2n) is 8.79. The molecule has 0 aliphatic carbocycles. The Bertz CT molecular complexity index is 1520. The zero-order valence-corrected chi connectivity index (χ0v) is 20.6. The summed E-state index contributed by atoms with van der Waals surface area (Å²) in [5.41, 5.74) is 2.64. The van der Waals surface area contributed by atoms with Crippen molar-refractivity contribution < 1.29 is 9.53 Å². The number of benzene rings is 2. The largest absolute Gasteiger partial charge is 0.480 e. The molecule has 182 valence electrons. The molecule has 1 fully saturated rings. The van der Waals surface area contributed by atoms with Crippen molar-refractivity contribution in [2.24, 2.45) is 0 Å². The summed E-state index contributed by atoms with van der Waals surface area (Å²) < 4.78 is 8.12. The lowest BCUT2D eigenvalue weighted by Crippen LogP contribution is -2.38. The molecule has 4 heterocycles. The number of carbonyl (C=O) groups is 1. The van der Waals surface area contributed by atoms with Gasteiger partial charge in [-0.3, -0.25) is 9.48 Å². The molecule has 1 amide bonds. The molecule has 1 aliphatic heterocycles. The molecule has 0 saturated carbocycles. The van der Waals surface area contributed by atoms with Crippen molar-refractivity contribution in [3.05, 3.63) is 65.5 Å². The molecule has 0 bridgehead atoms. The van der Waals surface area contributed by atoms with Crippen LogP contribution in [0.5, 0.6) is 5.75 Å². The second-order valence-corrected chi connectivity index (χ2v) is 9.77. The number of hydrogen-bond donors (Lipinski definition) is 1. The van der Waals surface area contributed by atoms with Gasteiger partial charge in [0, 0.05) is 35.7 Å². The first-order valence-corrected chi connectivity index (χ1v) is 12.8. The summed E-state index contributed by atoms with van der Waals surface area (Å²) in [4.78, 5) is 28.0. The standard InChI is InChI=1S/C26H25N7O2S/c1-17(26(34)32-10-2-3-11-32)35-22-6-4-5-20-24(22)25(29-16-28-20)31-19-7-8-21-18(13-19)14-30-33(21)15-23-27-9-12-36-23/h4-9,12-14,16-17H,2-3,10-11,15H2,1H3,(H,28,29,31)/t17-/m1/s1. The van der Waals surface area contributed by atoms with Gasteiger partial charge < -0.3 is 15.0 Å². The highest BCUT2D eigenvalue weighted by atomic mass is 32.1. The molecule has 1 saturated heterocycles. The number of aromatic nitrogens is 5. The van der Waals surface area contributed by atoms with E-state index in [1.54, 1.807) is 24.5 Å². The molecule has 1 N–H and O–H groups in total. The van der Waals surface area contributed by atoms with E-state index in [0.717, 1.165) is 58.4 Å². The van der Waals surface area contributed by atoms with Gasteiger partial charge >= 0.3 is 0 Å². The molecule has 10 heteroatoms. The fourth-order valence-electron chi connectivity index (χ4n) is 4.59. The highest BCUT2D eigenvalue weighted by molar-refractivity contribution is 7.09. The lowest BCUT2D eigenvalue weighted by atomic mass is 10.2. The molecular weight excluding hydrogens is 474 g/mol. The molecule has 0 spiro atoms. The van der Waals surface area contributed by atoms with Crippen LogP contribution in [0, 0.1) is 0 Å². The Labute approximate surface area is 211 Å². The lowest BCUT2D eigenvalue weighted by molar-refractivity contribution is -0.136. The Hall–Kier alpha value is -4.05. The number of thiazole rings is 1. The van der Waals surface area contributed by atoms with Gasteiger partial charge in [0.25, 0.3) is 5.91 Å². The van der Waals surface area contributed by atoms with Gasteiger partial charge in [0.05, 0.1) is 29.2 Å². The van der Waals surface area contributed by atoms with E-state index in [1.165, 1.54) is 6.33 Å². The van der Waals surface area contributed by atoms with Gasteiger partial charge in [-0.05, 0) is 50.1 Å². The van der Waals surface area contributed by atoms with Crippen molar-refractivity contribution in [1.82, 2.24) is 29.6 Å². The first-order chi connectivity index (χ1) is 17.7. The maximum Gasteiger partial charge on any atom is 0.263 e. The van der Waals surface area contributed by atoms with Gasteiger partial charge in [-0.15, -0.1) is 11.3 Å². The smallest absolute Gasteiger partial charge is 0.263 e. The highest BCUT2D eigenvalue weighted by Crippen LogP contribution is 2.33. The number of nitrogens with zero attached hydrogens (tertiary/aromatic N) is 6. The summed E-state index contributed by atoms with van der Waals surface area (Å²) in [7, 11) is 0. The van der Waals surface area contributed by atoms with Crippen LogP contribution in [0.3, 0.4) is 0 Å².